The number of thiazole rings is 1. The van der Waals surface area contributed by atoms with Crippen LogP contribution in [0.2, 0.25) is 0 Å². The van der Waals surface area contributed by atoms with E-state index in [1.165, 1.54) is 30.6 Å². The molecule has 0 aliphatic heterocycles. The van der Waals surface area contributed by atoms with Crippen molar-refractivity contribution in [3.8, 4) is 0 Å². The maximum atomic E-state index is 13.0. The number of nitrogens with one attached hydrogen (secondary N) is 1. The Morgan fingerprint density at radius 1 is 1.21 bits per heavy atom. The molecule has 174 valence electrons. The number of fused-ring (bicyclic) bond motifs is 1. The van der Waals surface area contributed by atoms with Crippen molar-refractivity contribution in [1.29, 1.82) is 0 Å². The Kier molecular flexibility index (Phi) is 6.94. The number of aliphatic hydroxyl groups excluding tert-OH is 1. The quantitative estimate of drug-likeness (QED) is 0.490. The molecule has 7 nitrogen and oxygen atoms in total. The second-order valence-electron chi connectivity index (χ2n) is 8.01. The van der Waals surface area contributed by atoms with Gasteiger partial charge < -0.3 is 15.2 Å². The van der Waals surface area contributed by atoms with Crippen molar-refractivity contribution in [3.05, 3.63) is 52.3 Å². The van der Waals surface area contributed by atoms with Crippen LogP contribution in [0, 0.1) is 5.92 Å². The normalized spacial score (nSPS) is 18.5. The van der Waals surface area contributed by atoms with E-state index in [1.807, 2.05) is 0 Å². The highest BCUT2D eigenvalue weighted by Gasteiger charge is 2.25. The van der Waals surface area contributed by atoms with E-state index >= 15 is 0 Å². The van der Waals surface area contributed by atoms with Gasteiger partial charge in [-0.05, 0) is 55.9 Å². The Morgan fingerprint density at radius 3 is 2.64 bits per heavy atom. The predicted molar refractivity (Wildman–Crippen MR) is 120 cm³/mol. The summed E-state index contributed by atoms with van der Waals surface area (Å²) in [7, 11) is 1.23. The number of aromatic nitrogens is 2. The van der Waals surface area contributed by atoms with Gasteiger partial charge in [-0.3, -0.25) is 4.79 Å². The molecule has 1 amide bonds. The molecule has 1 aliphatic rings. The van der Waals surface area contributed by atoms with Crippen LogP contribution in [0.1, 0.15) is 69.6 Å². The molecule has 1 fully saturated rings. The molecular formula is C23H23F2N3O4S. The molecule has 1 saturated carbocycles. The summed E-state index contributed by atoms with van der Waals surface area (Å²) in [5, 5.41) is 12.9. The lowest BCUT2D eigenvalue weighted by atomic mass is 9.83. The molecule has 0 saturated heterocycles. The van der Waals surface area contributed by atoms with E-state index in [0.717, 1.165) is 41.5 Å². The highest BCUT2D eigenvalue weighted by molar-refractivity contribution is 7.18. The average Bonchev–Trinajstić information content (AvgIpc) is 3.26. The first-order chi connectivity index (χ1) is 15.9. The van der Waals surface area contributed by atoms with E-state index in [0.29, 0.717) is 11.4 Å². The van der Waals surface area contributed by atoms with Gasteiger partial charge in [0.2, 0.25) is 0 Å². The third-order valence-electron chi connectivity index (χ3n) is 5.88. The third kappa shape index (κ3) is 5.01. The summed E-state index contributed by atoms with van der Waals surface area (Å²) < 4.78 is 31.5. The number of hydrogen-bond acceptors (Lipinski definition) is 7. The smallest absolute Gasteiger partial charge is 0.340 e. The molecule has 3 aromatic rings. The van der Waals surface area contributed by atoms with E-state index in [4.69, 9.17) is 9.72 Å². The largest absolute Gasteiger partial charge is 0.465 e. The minimum Gasteiger partial charge on any atom is -0.465 e. The number of nitrogens with zero attached hydrogens (tertiary/aromatic N) is 2. The van der Waals surface area contributed by atoms with Crippen LogP contribution in [-0.4, -0.2) is 40.7 Å². The summed E-state index contributed by atoms with van der Waals surface area (Å²) in [6, 6.07) is 7.01. The Bertz CT molecular complexity index is 1180. The van der Waals surface area contributed by atoms with Crippen molar-refractivity contribution in [1.82, 2.24) is 9.97 Å². The van der Waals surface area contributed by atoms with Crippen molar-refractivity contribution in [2.45, 2.75) is 38.0 Å². The number of anilines is 1. The molecule has 0 bridgehead atoms. The zero-order valence-electron chi connectivity index (χ0n) is 17.9. The highest BCUT2D eigenvalue weighted by Crippen LogP contribution is 2.40. The summed E-state index contributed by atoms with van der Waals surface area (Å²) >= 11 is 1.49. The van der Waals surface area contributed by atoms with Gasteiger partial charge in [0.05, 0.1) is 33.6 Å². The van der Waals surface area contributed by atoms with Crippen LogP contribution in [0.15, 0.2) is 30.3 Å². The summed E-state index contributed by atoms with van der Waals surface area (Å²) in [5.74, 6) is -0.750. The summed E-state index contributed by atoms with van der Waals surface area (Å²) in [6.45, 7) is 0.202. The van der Waals surface area contributed by atoms with Gasteiger partial charge in [0.1, 0.15) is 11.4 Å². The van der Waals surface area contributed by atoms with Crippen LogP contribution in [0.5, 0.6) is 0 Å². The topological polar surface area (TPSA) is 101 Å². The number of alkyl halides is 2. The van der Waals surface area contributed by atoms with Crippen LogP contribution in [-0.2, 0) is 4.74 Å². The monoisotopic (exact) mass is 475 g/mol. The van der Waals surface area contributed by atoms with E-state index in [9.17, 15) is 23.5 Å². The zero-order chi connectivity index (χ0) is 23.5. The number of aliphatic hydroxyl groups is 1. The first kappa shape index (κ1) is 23.2. The van der Waals surface area contributed by atoms with Crippen molar-refractivity contribution in [3.63, 3.8) is 0 Å². The number of methoxy groups -OCH3 is 1. The number of benzene rings is 1. The Hall–Kier alpha value is -2.98. The molecule has 2 aromatic heterocycles. The lowest BCUT2D eigenvalue weighted by Crippen LogP contribution is -2.17. The van der Waals surface area contributed by atoms with Crippen LogP contribution < -0.4 is 5.32 Å². The van der Waals surface area contributed by atoms with Crippen LogP contribution in [0.3, 0.4) is 0 Å². The SMILES string of the molecule is COC(=O)c1cc2nc([C@H]3CC[C@H](CO)CC3)sc2cc1NC(=O)c1cccc(C(F)F)n1. The van der Waals surface area contributed by atoms with Gasteiger partial charge in [0, 0.05) is 12.5 Å². The minimum atomic E-state index is -2.80. The Morgan fingerprint density at radius 2 is 1.97 bits per heavy atom. The molecule has 0 spiro atoms. The molecule has 2 N–H and O–H groups in total. The van der Waals surface area contributed by atoms with Gasteiger partial charge in [0.15, 0.2) is 0 Å². The number of esters is 1. The summed E-state index contributed by atoms with van der Waals surface area (Å²) in [5.41, 5.74) is 0.242. The number of rotatable bonds is 6. The fourth-order valence-corrected chi connectivity index (χ4v) is 5.18. The minimum absolute atomic E-state index is 0.115. The standard InChI is InChI=1S/C23H23F2N3O4S/c1-32-23(31)14-9-18-19(33-22(28-18)13-7-5-12(11-29)6-8-13)10-17(14)27-21(30)16-4-2-3-15(26-16)20(24)25/h2-4,9-10,12-13,20,29H,5-8,11H2,1H3,(H,27,30)/t12-,13-. The molecule has 4 rings (SSSR count). The van der Waals surface area contributed by atoms with Gasteiger partial charge in [0.25, 0.3) is 12.3 Å². The first-order valence-corrected chi connectivity index (χ1v) is 11.4. The molecular weight excluding hydrogens is 452 g/mol. The maximum Gasteiger partial charge on any atom is 0.340 e. The van der Waals surface area contributed by atoms with Gasteiger partial charge in [-0.2, -0.15) is 0 Å². The number of carbonyl (C=O) groups is 2. The average molecular weight is 476 g/mol. The third-order valence-corrected chi connectivity index (χ3v) is 7.06. The van der Waals surface area contributed by atoms with Crippen molar-refractivity contribution in [2.75, 3.05) is 19.0 Å². The van der Waals surface area contributed by atoms with Crippen molar-refractivity contribution in [2.24, 2.45) is 5.92 Å². The second kappa shape index (κ2) is 9.88. The lowest BCUT2D eigenvalue weighted by molar-refractivity contribution is 0.0602. The maximum absolute atomic E-state index is 13.0. The molecule has 1 aromatic carbocycles. The first-order valence-electron chi connectivity index (χ1n) is 10.6. The lowest BCUT2D eigenvalue weighted by Gasteiger charge is -2.25. The van der Waals surface area contributed by atoms with Gasteiger partial charge in [-0.1, -0.05) is 6.07 Å². The Balaban J connectivity index is 1.64. The molecule has 1 aliphatic carbocycles. The van der Waals surface area contributed by atoms with E-state index in [2.05, 4.69) is 10.3 Å². The van der Waals surface area contributed by atoms with Gasteiger partial charge in [-0.15, -0.1) is 11.3 Å². The molecule has 0 atom stereocenters. The van der Waals surface area contributed by atoms with Gasteiger partial charge in [-0.25, -0.2) is 23.5 Å². The number of hydrogen-bond donors (Lipinski definition) is 2. The fraction of sp³-hybridized carbons (Fsp3) is 0.391. The molecule has 0 radical (unpaired) electrons. The molecule has 33 heavy (non-hydrogen) atoms. The van der Waals surface area contributed by atoms with E-state index in [-0.39, 0.29) is 29.5 Å². The van der Waals surface area contributed by atoms with Gasteiger partial charge >= 0.3 is 5.97 Å². The fourth-order valence-electron chi connectivity index (χ4n) is 4.03. The number of amides is 1. The summed E-state index contributed by atoms with van der Waals surface area (Å²) in [6.07, 6.45) is 0.949. The molecule has 0 unspecified atom stereocenters. The zero-order valence-corrected chi connectivity index (χ0v) is 18.7. The number of halogens is 2. The second-order valence-corrected chi connectivity index (χ2v) is 9.07. The van der Waals surface area contributed by atoms with Crippen LogP contribution >= 0.6 is 11.3 Å². The van der Waals surface area contributed by atoms with Crippen molar-refractivity contribution >= 4 is 39.1 Å². The number of pyridine rings is 1. The highest BCUT2D eigenvalue weighted by atomic mass is 32.1. The molecule has 2 heterocycles. The number of ether oxygens (including phenoxy) is 1. The number of carbonyl (C=O) groups excluding carboxylic acids is 2. The van der Waals surface area contributed by atoms with E-state index in [1.54, 1.807) is 12.1 Å². The van der Waals surface area contributed by atoms with E-state index < -0.39 is 24.0 Å². The van der Waals surface area contributed by atoms with Crippen LogP contribution in [0.4, 0.5) is 14.5 Å². The summed E-state index contributed by atoms with van der Waals surface area (Å²) in [4.78, 5) is 33.5. The predicted octanol–water partition coefficient (Wildman–Crippen LogP) is 4.93. The van der Waals surface area contributed by atoms with Crippen molar-refractivity contribution < 1.29 is 28.2 Å². The Labute approximate surface area is 192 Å². The molecule has 10 heteroatoms. The van der Waals surface area contributed by atoms with Crippen LogP contribution in [0.25, 0.3) is 10.2 Å².